The summed E-state index contributed by atoms with van der Waals surface area (Å²) >= 11 is 13.3. The van der Waals surface area contributed by atoms with Gasteiger partial charge in [0.15, 0.2) is 11.0 Å². The number of rotatable bonds is 8. The van der Waals surface area contributed by atoms with Gasteiger partial charge in [-0.3, -0.25) is 9.36 Å². The lowest BCUT2D eigenvalue weighted by molar-refractivity contribution is -0.113. The van der Waals surface area contributed by atoms with Crippen LogP contribution >= 0.6 is 35.0 Å². The molecule has 1 heterocycles. The first-order chi connectivity index (χ1) is 14.0. The minimum absolute atomic E-state index is 0.166. The third kappa shape index (κ3) is 5.32. The quantitative estimate of drug-likeness (QED) is 0.379. The standard InChI is InChI=1S/C20H18Cl2N4O2S/c1-3-10-26-19(13-4-6-14(21)7-5-13)24-25-20(26)29-12-18(27)23-15-8-9-17(28-2)16(22)11-15/h3-9,11H,1,10,12H2,2H3,(H,23,27). The lowest BCUT2D eigenvalue weighted by Crippen LogP contribution is -2.14. The molecular formula is C20H18Cl2N4O2S. The summed E-state index contributed by atoms with van der Waals surface area (Å²) in [6.07, 6.45) is 1.76. The van der Waals surface area contributed by atoms with Gasteiger partial charge in [0, 0.05) is 22.8 Å². The molecular weight excluding hydrogens is 431 g/mol. The van der Waals surface area contributed by atoms with E-state index in [4.69, 9.17) is 27.9 Å². The third-order valence-corrected chi connectivity index (χ3v) is 5.41. The van der Waals surface area contributed by atoms with Crippen LogP contribution in [0.15, 0.2) is 60.3 Å². The first-order valence-corrected chi connectivity index (χ1v) is 10.3. The van der Waals surface area contributed by atoms with Crippen molar-refractivity contribution in [3.05, 3.63) is 65.2 Å². The second-order valence-electron chi connectivity index (χ2n) is 5.90. The molecule has 0 aliphatic rings. The van der Waals surface area contributed by atoms with Gasteiger partial charge in [0.05, 0.1) is 17.9 Å². The maximum absolute atomic E-state index is 12.3. The number of ether oxygens (including phenoxy) is 1. The van der Waals surface area contributed by atoms with Gasteiger partial charge in [-0.15, -0.1) is 16.8 Å². The maximum atomic E-state index is 12.3. The van der Waals surface area contributed by atoms with Crippen LogP contribution in [-0.2, 0) is 11.3 Å². The maximum Gasteiger partial charge on any atom is 0.234 e. The highest BCUT2D eigenvalue weighted by atomic mass is 35.5. The van der Waals surface area contributed by atoms with E-state index in [9.17, 15) is 4.79 Å². The van der Waals surface area contributed by atoms with E-state index < -0.39 is 0 Å². The fourth-order valence-corrected chi connectivity index (χ4v) is 3.70. The number of carbonyl (C=O) groups is 1. The normalized spacial score (nSPS) is 10.6. The van der Waals surface area contributed by atoms with Crippen LogP contribution < -0.4 is 10.1 Å². The van der Waals surface area contributed by atoms with Crippen molar-refractivity contribution in [1.82, 2.24) is 14.8 Å². The summed E-state index contributed by atoms with van der Waals surface area (Å²) < 4.78 is 7.01. The van der Waals surface area contributed by atoms with Crippen LogP contribution in [-0.4, -0.2) is 33.5 Å². The number of anilines is 1. The average Bonchev–Trinajstić information content (AvgIpc) is 3.10. The van der Waals surface area contributed by atoms with Gasteiger partial charge in [0.1, 0.15) is 5.75 Å². The van der Waals surface area contributed by atoms with Gasteiger partial charge in [-0.25, -0.2) is 0 Å². The zero-order chi connectivity index (χ0) is 20.8. The summed E-state index contributed by atoms with van der Waals surface area (Å²) in [5.74, 6) is 1.22. The van der Waals surface area contributed by atoms with E-state index >= 15 is 0 Å². The summed E-state index contributed by atoms with van der Waals surface area (Å²) in [5.41, 5.74) is 1.48. The second-order valence-corrected chi connectivity index (χ2v) is 7.68. The largest absolute Gasteiger partial charge is 0.495 e. The number of thioether (sulfide) groups is 1. The molecule has 0 atom stereocenters. The Labute approximate surface area is 182 Å². The molecule has 6 nitrogen and oxygen atoms in total. The monoisotopic (exact) mass is 448 g/mol. The lowest BCUT2D eigenvalue weighted by Gasteiger charge is -2.09. The van der Waals surface area contributed by atoms with Gasteiger partial charge in [0.2, 0.25) is 5.91 Å². The van der Waals surface area contributed by atoms with Crippen molar-refractivity contribution in [3.8, 4) is 17.1 Å². The number of hydrogen-bond donors (Lipinski definition) is 1. The predicted octanol–water partition coefficient (Wildman–Crippen LogP) is 5.18. The van der Waals surface area contributed by atoms with Crippen LogP contribution in [0.25, 0.3) is 11.4 Å². The molecule has 3 aromatic rings. The Balaban J connectivity index is 1.69. The van der Waals surface area contributed by atoms with Crippen molar-refractivity contribution in [2.75, 3.05) is 18.2 Å². The average molecular weight is 449 g/mol. The molecule has 1 amide bonds. The molecule has 0 aliphatic heterocycles. The number of carbonyl (C=O) groups excluding carboxylic acids is 1. The minimum Gasteiger partial charge on any atom is -0.495 e. The summed E-state index contributed by atoms with van der Waals surface area (Å²) in [5, 5.41) is 13.0. The molecule has 1 N–H and O–H groups in total. The Morgan fingerprint density at radius 1 is 1.24 bits per heavy atom. The molecule has 0 radical (unpaired) electrons. The van der Waals surface area contributed by atoms with Crippen molar-refractivity contribution in [3.63, 3.8) is 0 Å². The lowest BCUT2D eigenvalue weighted by atomic mass is 10.2. The highest BCUT2D eigenvalue weighted by Crippen LogP contribution is 2.28. The van der Waals surface area contributed by atoms with Crippen molar-refractivity contribution < 1.29 is 9.53 Å². The van der Waals surface area contributed by atoms with E-state index in [-0.39, 0.29) is 11.7 Å². The molecule has 0 spiro atoms. The Morgan fingerprint density at radius 2 is 2.00 bits per heavy atom. The van der Waals surface area contributed by atoms with Gasteiger partial charge < -0.3 is 10.1 Å². The van der Waals surface area contributed by atoms with Gasteiger partial charge >= 0.3 is 0 Å². The molecule has 1 aromatic heterocycles. The van der Waals surface area contributed by atoms with E-state index in [1.807, 2.05) is 16.7 Å². The minimum atomic E-state index is -0.183. The van der Waals surface area contributed by atoms with Crippen LogP contribution in [0.5, 0.6) is 5.75 Å². The van der Waals surface area contributed by atoms with E-state index in [0.717, 1.165) is 5.56 Å². The number of aromatic nitrogens is 3. The van der Waals surface area contributed by atoms with E-state index in [1.165, 1.54) is 18.9 Å². The molecule has 0 unspecified atom stereocenters. The molecule has 0 saturated heterocycles. The first kappa shape index (κ1) is 21.2. The van der Waals surface area contributed by atoms with Crippen molar-refractivity contribution in [2.24, 2.45) is 0 Å². The number of nitrogens with zero attached hydrogens (tertiary/aromatic N) is 3. The van der Waals surface area contributed by atoms with Crippen LogP contribution in [0.2, 0.25) is 10.0 Å². The number of benzene rings is 2. The smallest absolute Gasteiger partial charge is 0.234 e. The molecule has 3 rings (SSSR count). The zero-order valence-corrected chi connectivity index (χ0v) is 17.9. The summed E-state index contributed by atoms with van der Waals surface area (Å²) in [6.45, 7) is 4.31. The molecule has 2 aromatic carbocycles. The Kier molecular flexibility index (Phi) is 7.19. The number of allylic oxidation sites excluding steroid dienone is 1. The summed E-state index contributed by atoms with van der Waals surface area (Å²) in [4.78, 5) is 12.3. The molecule has 150 valence electrons. The van der Waals surface area contributed by atoms with Gasteiger partial charge in [-0.1, -0.05) is 41.0 Å². The predicted molar refractivity (Wildman–Crippen MR) is 118 cm³/mol. The Morgan fingerprint density at radius 3 is 2.66 bits per heavy atom. The van der Waals surface area contributed by atoms with Crippen LogP contribution in [0.3, 0.4) is 0 Å². The Hall–Kier alpha value is -2.48. The van der Waals surface area contributed by atoms with Crippen LogP contribution in [0.4, 0.5) is 5.69 Å². The number of nitrogens with one attached hydrogen (secondary N) is 1. The third-order valence-electron chi connectivity index (χ3n) is 3.90. The molecule has 0 saturated carbocycles. The summed E-state index contributed by atoms with van der Waals surface area (Å²) in [6, 6.07) is 12.4. The highest BCUT2D eigenvalue weighted by Gasteiger charge is 2.15. The van der Waals surface area contributed by atoms with E-state index in [2.05, 4.69) is 22.1 Å². The van der Waals surface area contributed by atoms with E-state index in [1.54, 1.807) is 36.4 Å². The highest BCUT2D eigenvalue weighted by molar-refractivity contribution is 7.99. The fourth-order valence-electron chi connectivity index (χ4n) is 2.57. The second kappa shape index (κ2) is 9.82. The number of methoxy groups -OCH3 is 1. The van der Waals surface area contributed by atoms with E-state index in [0.29, 0.717) is 39.0 Å². The SMILES string of the molecule is C=CCn1c(SCC(=O)Nc2ccc(OC)c(Cl)c2)nnc1-c1ccc(Cl)cc1. The van der Waals surface area contributed by atoms with Crippen LogP contribution in [0.1, 0.15) is 0 Å². The van der Waals surface area contributed by atoms with Crippen molar-refractivity contribution >= 4 is 46.6 Å². The van der Waals surface area contributed by atoms with Crippen LogP contribution in [0, 0.1) is 0 Å². The number of hydrogen-bond acceptors (Lipinski definition) is 5. The Bertz CT molecular complexity index is 1020. The van der Waals surface area contributed by atoms with Crippen molar-refractivity contribution in [2.45, 2.75) is 11.7 Å². The molecule has 29 heavy (non-hydrogen) atoms. The molecule has 9 heteroatoms. The van der Waals surface area contributed by atoms with Gasteiger partial charge in [-0.05, 0) is 42.5 Å². The molecule has 0 fully saturated rings. The first-order valence-electron chi connectivity index (χ1n) is 8.58. The molecule has 0 bridgehead atoms. The molecule has 0 aliphatic carbocycles. The topological polar surface area (TPSA) is 69.0 Å². The number of amides is 1. The zero-order valence-electron chi connectivity index (χ0n) is 15.6. The number of halogens is 2. The summed E-state index contributed by atoms with van der Waals surface area (Å²) in [7, 11) is 1.54. The fraction of sp³-hybridized carbons (Fsp3) is 0.150. The van der Waals surface area contributed by atoms with Crippen molar-refractivity contribution in [1.29, 1.82) is 0 Å². The van der Waals surface area contributed by atoms with Gasteiger partial charge in [0.25, 0.3) is 0 Å². The van der Waals surface area contributed by atoms with Gasteiger partial charge in [-0.2, -0.15) is 0 Å².